The minimum absolute atomic E-state index is 0.0322. The minimum atomic E-state index is -0.729. The second-order valence-corrected chi connectivity index (χ2v) is 9.49. The number of carbonyl (C=O) groups excluding carboxylic acids is 3. The van der Waals surface area contributed by atoms with Crippen LogP contribution in [0.4, 0.5) is 5.69 Å². The van der Waals surface area contributed by atoms with E-state index in [0.717, 1.165) is 5.56 Å². The number of nitrogens with zero attached hydrogens (tertiary/aromatic N) is 2. The molecule has 1 fully saturated rings. The van der Waals surface area contributed by atoms with E-state index < -0.39 is 16.9 Å². The molecule has 1 saturated heterocycles. The number of likely N-dealkylation sites (tertiary alicyclic amines) is 1. The average Bonchev–Trinajstić information content (AvgIpc) is 2.86. The maximum absolute atomic E-state index is 13.2. The van der Waals surface area contributed by atoms with Crippen LogP contribution >= 0.6 is 11.8 Å². The highest BCUT2D eigenvalue weighted by atomic mass is 32.2. The van der Waals surface area contributed by atoms with Gasteiger partial charge in [-0.1, -0.05) is 24.3 Å². The third-order valence-corrected chi connectivity index (χ3v) is 6.71. The fourth-order valence-electron chi connectivity index (χ4n) is 4.05. The predicted molar refractivity (Wildman–Crippen MR) is 136 cm³/mol. The highest BCUT2D eigenvalue weighted by Crippen LogP contribution is 2.17. The number of nitro benzene ring substituents is 1. The number of nitro groups is 1. The van der Waals surface area contributed by atoms with E-state index in [1.807, 2.05) is 31.4 Å². The van der Waals surface area contributed by atoms with Crippen molar-refractivity contribution >= 4 is 35.2 Å². The van der Waals surface area contributed by atoms with Crippen LogP contribution in [0.25, 0.3) is 0 Å². The van der Waals surface area contributed by atoms with Crippen molar-refractivity contribution in [3.63, 3.8) is 0 Å². The lowest BCUT2D eigenvalue weighted by molar-refractivity contribution is -0.384. The third-order valence-electron chi connectivity index (χ3n) is 6.06. The van der Waals surface area contributed by atoms with Crippen molar-refractivity contribution in [1.29, 1.82) is 0 Å². The third kappa shape index (κ3) is 7.05. The smallest absolute Gasteiger partial charge is 0.270 e. The Morgan fingerprint density at radius 1 is 1.11 bits per heavy atom. The molecule has 0 aliphatic carbocycles. The fraction of sp³-hybridized carbons (Fsp3) is 0.400. The van der Waals surface area contributed by atoms with Crippen molar-refractivity contribution in [2.45, 2.75) is 38.3 Å². The molecule has 0 aromatic heterocycles. The van der Waals surface area contributed by atoms with E-state index in [4.69, 9.17) is 0 Å². The fourth-order valence-corrected chi connectivity index (χ4v) is 4.52. The Morgan fingerprint density at radius 2 is 1.83 bits per heavy atom. The number of piperidine rings is 1. The Bertz CT molecular complexity index is 1090. The molecule has 0 radical (unpaired) electrons. The summed E-state index contributed by atoms with van der Waals surface area (Å²) >= 11 is 1.57. The number of hydrogen-bond acceptors (Lipinski definition) is 6. The number of thioether (sulfide) groups is 1. The lowest BCUT2D eigenvalue weighted by Crippen LogP contribution is -2.53. The van der Waals surface area contributed by atoms with Gasteiger partial charge in [-0.2, -0.15) is 11.8 Å². The number of amides is 3. The standard InChI is InChI=1S/C25H30N4O5S/c1-17-6-3-4-9-21(17)24(31)26-19-10-13-28(14-11-19)25(32)22(12-15-35-2)27-23(30)18-7-5-8-20(16-18)29(33)34/h3-9,16,19,22H,10-15H2,1-2H3,(H,26,31)(H,27,30). The lowest BCUT2D eigenvalue weighted by atomic mass is 10.0. The number of aryl methyl sites for hydroxylation is 1. The SMILES string of the molecule is CSCCC(NC(=O)c1cccc([N+](=O)[O-])c1)C(=O)N1CCC(NC(=O)c2ccccc2C)CC1. The topological polar surface area (TPSA) is 122 Å². The predicted octanol–water partition coefficient (Wildman–Crippen LogP) is 3.18. The molecule has 1 aliphatic heterocycles. The number of rotatable bonds is 9. The first-order valence-corrected chi connectivity index (χ1v) is 12.9. The molecule has 0 spiro atoms. The zero-order valence-electron chi connectivity index (χ0n) is 19.9. The van der Waals surface area contributed by atoms with Gasteiger partial charge in [-0.05, 0) is 55.9 Å². The molecule has 1 heterocycles. The molecule has 1 atom stereocenters. The molecular weight excluding hydrogens is 468 g/mol. The molecule has 10 heteroatoms. The van der Waals surface area contributed by atoms with Gasteiger partial charge in [0, 0.05) is 42.4 Å². The first-order chi connectivity index (χ1) is 16.8. The zero-order valence-corrected chi connectivity index (χ0v) is 20.7. The number of hydrogen-bond donors (Lipinski definition) is 2. The normalized spacial score (nSPS) is 14.7. The van der Waals surface area contributed by atoms with Gasteiger partial charge >= 0.3 is 0 Å². The molecule has 186 valence electrons. The van der Waals surface area contributed by atoms with Crippen LogP contribution < -0.4 is 10.6 Å². The van der Waals surface area contributed by atoms with E-state index in [2.05, 4.69) is 10.6 Å². The van der Waals surface area contributed by atoms with Gasteiger partial charge < -0.3 is 15.5 Å². The summed E-state index contributed by atoms with van der Waals surface area (Å²) in [7, 11) is 0. The molecule has 2 aromatic carbocycles. The highest BCUT2D eigenvalue weighted by Gasteiger charge is 2.30. The van der Waals surface area contributed by atoms with Crippen molar-refractivity contribution in [3.8, 4) is 0 Å². The summed E-state index contributed by atoms with van der Waals surface area (Å²) in [6.07, 6.45) is 3.62. The van der Waals surface area contributed by atoms with Gasteiger partial charge in [0.1, 0.15) is 6.04 Å². The van der Waals surface area contributed by atoms with Crippen LogP contribution in [0.2, 0.25) is 0 Å². The monoisotopic (exact) mass is 498 g/mol. The quantitative estimate of drug-likeness (QED) is 0.405. The average molecular weight is 499 g/mol. The summed E-state index contributed by atoms with van der Waals surface area (Å²) in [6.45, 7) is 2.84. The molecule has 0 bridgehead atoms. The van der Waals surface area contributed by atoms with Crippen molar-refractivity contribution in [2.24, 2.45) is 0 Å². The van der Waals surface area contributed by atoms with Gasteiger partial charge in [0.15, 0.2) is 0 Å². The van der Waals surface area contributed by atoms with Crippen LogP contribution in [0, 0.1) is 17.0 Å². The summed E-state index contributed by atoms with van der Waals surface area (Å²) in [4.78, 5) is 50.8. The van der Waals surface area contributed by atoms with Crippen molar-refractivity contribution in [3.05, 3.63) is 75.3 Å². The first kappa shape index (κ1) is 26.2. The maximum Gasteiger partial charge on any atom is 0.270 e. The van der Waals surface area contributed by atoms with Crippen LogP contribution in [-0.2, 0) is 4.79 Å². The Labute approximate surface area is 208 Å². The Balaban J connectivity index is 1.59. The van der Waals surface area contributed by atoms with Gasteiger partial charge in [-0.25, -0.2) is 0 Å². The van der Waals surface area contributed by atoms with Gasteiger partial charge in [0.2, 0.25) is 5.91 Å². The number of non-ortho nitro benzene ring substituents is 1. The second kappa shape index (κ2) is 12.3. The van der Waals surface area contributed by atoms with Crippen LogP contribution in [-0.4, -0.2) is 64.7 Å². The van der Waals surface area contributed by atoms with E-state index in [1.54, 1.807) is 22.7 Å². The lowest BCUT2D eigenvalue weighted by Gasteiger charge is -2.34. The van der Waals surface area contributed by atoms with Crippen LogP contribution in [0.5, 0.6) is 0 Å². The minimum Gasteiger partial charge on any atom is -0.349 e. The Morgan fingerprint density at radius 3 is 2.49 bits per heavy atom. The van der Waals surface area contributed by atoms with Crippen LogP contribution in [0.1, 0.15) is 45.5 Å². The van der Waals surface area contributed by atoms with Crippen molar-refractivity contribution in [2.75, 3.05) is 25.1 Å². The van der Waals surface area contributed by atoms with E-state index in [0.29, 0.717) is 43.7 Å². The summed E-state index contributed by atoms with van der Waals surface area (Å²) in [5.74, 6) is -0.140. The zero-order chi connectivity index (χ0) is 25.4. The summed E-state index contributed by atoms with van der Waals surface area (Å²) in [5, 5.41) is 16.9. The van der Waals surface area contributed by atoms with Crippen LogP contribution in [0.3, 0.4) is 0 Å². The summed E-state index contributed by atoms with van der Waals surface area (Å²) < 4.78 is 0. The number of carbonyl (C=O) groups is 3. The molecule has 2 aromatic rings. The van der Waals surface area contributed by atoms with Crippen molar-refractivity contribution < 1.29 is 19.3 Å². The largest absolute Gasteiger partial charge is 0.349 e. The van der Waals surface area contributed by atoms with E-state index in [1.165, 1.54) is 24.3 Å². The molecule has 0 saturated carbocycles. The van der Waals surface area contributed by atoms with Gasteiger partial charge in [0.05, 0.1) is 4.92 Å². The molecule has 1 aliphatic rings. The van der Waals surface area contributed by atoms with E-state index >= 15 is 0 Å². The van der Waals surface area contributed by atoms with Gasteiger partial charge in [0.25, 0.3) is 17.5 Å². The van der Waals surface area contributed by atoms with Crippen molar-refractivity contribution in [1.82, 2.24) is 15.5 Å². The number of benzene rings is 2. The number of nitrogens with one attached hydrogen (secondary N) is 2. The molecular formula is C25H30N4O5S. The van der Waals surface area contributed by atoms with Gasteiger partial charge in [-0.3, -0.25) is 24.5 Å². The molecule has 3 amide bonds. The molecule has 3 rings (SSSR count). The van der Waals surface area contributed by atoms with Crippen LogP contribution in [0.15, 0.2) is 48.5 Å². The molecule has 9 nitrogen and oxygen atoms in total. The first-order valence-electron chi connectivity index (χ1n) is 11.5. The summed E-state index contributed by atoms with van der Waals surface area (Å²) in [5.41, 5.74) is 1.51. The molecule has 1 unspecified atom stereocenters. The molecule has 35 heavy (non-hydrogen) atoms. The van der Waals surface area contributed by atoms with E-state index in [9.17, 15) is 24.5 Å². The second-order valence-electron chi connectivity index (χ2n) is 8.50. The van der Waals surface area contributed by atoms with E-state index in [-0.39, 0.29) is 29.1 Å². The Hall–Kier alpha value is -3.40. The highest BCUT2D eigenvalue weighted by molar-refractivity contribution is 7.98. The maximum atomic E-state index is 13.2. The summed E-state index contributed by atoms with van der Waals surface area (Å²) in [6, 6.07) is 12.1. The molecule has 2 N–H and O–H groups in total. The van der Waals surface area contributed by atoms with Gasteiger partial charge in [-0.15, -0.1) is 0 Å². The Kier molecular flexibility index (Phi) is 9.25.